The molecule has 2 aliphatic rings. The summed E-state index contributed by atoms with van der Waals surface area (Å²) in [5, 5.41) is 0. The first kappa shape index (κ1) is 20.4. The summed E-state index contributed by atoms with van der Waals surface area (Å²) >= 11 is 0. The maximum atomic E-state index is 13.2. The van der Waals surface area contributed by atoms with Crippen LogP contribution in [0, 0.1) is 0 Å². The van der Waals surface area contributed by atoms with E-state index in [9.17, 15) is 18.0 Å². The summed E-state index contributed by atoms with van der Waals surface area (Å²) in [5.74, 6) is 0.118. The number of ether oxygens (including phenoxy) is 1. The number of amides is 2. The molecule has 0 saturated heterocycles. The van der Waals surface area contributed by atoms with Crippen molar-refractivity contribution in [2.75, 3.05) is 26.7 Å². The molecule has 0 saturated carbocycles. The molecule has 2 amide bonds. The van der Waals surface area contributed by atoms with Crippen molar-refractivity contribution in [3.63, 3.8) is 0 Å². The van der Waals surface area contributed by atoms with Crippen molar-refractivity contribution in [3.8, 4) is 5.75 Å². The van der Waals surface area contributed by atoms with Crippen LogP contribution in [0.5, 0.6) is 5.75 Å². The number of benzene rings is 2. The molecule has 0 fully saturated rings. The van der Waals surface area contributed by atoms with Crippen LogP contribution in [0.25, 0.3) is 0 Å². The standard InChI is InChI=1S/C22H24N2O5S/c1-4-24-22(26)18-8-6-16(11-20(18)30(24,27)28)21(25)23-10-9-15-5-7-17(29-3)12-19(15)14(2)13-23/h5-8,11-12,14H,4,9-10,13H2,1-3H3. The molecule has 2 aromatic carbocycles. The Bertz CT molecular complexity index is 1140. The Kier molecular flexibility index (Phi) is 5.05. The third-order valence-corrected chi connectivity index (χ3v) is 7.76. The Balaban J connectivity index is 1.63. The van der Waals surface area contributed by atoms with E-state index in [0.29, 0.717) is 19.5 Å². The van der Waals surface area contributed by atoms with Crippen LogP contribution in [0.2, 0.25) is 0 Å². The summed E-state index contributed by atoms with van der Waals surface area (Å²) in [5.41, 5.74) is 2.74. The number of carbonyl (C=O) groups excluding carboxylic acids is 2. The van der Waals surface area contributed by atoms with Gasteiger partial charge in [0.2, 0.25) is 0 Å². The SMILES string of the molecule is CCN1C(=O)c2ccc(C(=O)N3CCc4ccc(OC)cc4C(C)C3)cc2S1(=O)=O. The predicted molar refractivity (Wildman–Crippen MR) is 111 cm³/mol. The highest BCUT2D eigenvalue weighted by Gasteiger charge is 2.40. The predicted octanol–water partition coefficient (Wildman–Crippen LogP) is 2.66. The summed E-state index contributed by atoms with van der Waals surface area (Å²) in [6.45, 7) is 4.78. The second kappa shape index (κ2) is 7.43. The molecular formula is C22H24N2O5S. The van der Waals surface area contributed by atoms with E-state index in [-0.39, 0.29) is 34.4 Å². The van der Waals surface area contributed by atoms with Gasteiger partial charge in [0.05, 0.1) is 12.7 Å². The first-order chi connectivity index (χ1) is 14.3. The van der Waals surface area contributed by atoms with Crippen LogP contribution in [0.15, 0.2) is 41.3 Å². The van der Waals surface area contributed by atoms with Gasteiger partial charge in [-0.15, -0.1) is 0 Å². The molecule has 0 aromatic heterocycles. The second-order valence-corrected chi connectivity index (χ2v) is 9.48. The van der Waals surface area contributed by atoms with Crippen LogP contribution >= 0.6 is 0 Å². The fourth-order valence-electron chi connectivity index (χ4n) is 4.25. The van der Waals surface area contributed by atoms with Crippen LogP contribution < -0.4 is 4.74 Å². The normalized spacial score (nSPS) is 19.8. The van der Waals surface area contributed by atoms with Crippen molar-refractivity contribution in [1.82, 2.24) is 9.21 Å². The van der Waals surface area contributed by atoms with Crippen molar-refractivity contribution in [3.05, 3.63) is 58.7 Å². The maximum absolute atomic E-state index is 13.2. The lowest BCUT2D eigenvalue weighted by Gasteiger charge is -2.23. The number of hydrogen-bond acceptors (Lipinski definition) is 5. The zero-order chi connectivity index (χ0) is 21.6. The quantitative estimate of drug-likeness (QED) is 0.751. The van der Waals surface area contributed by atoms with Crippen molar-refractivity contribution in [2.45, 2.75) is 31.1 Å². The van der Waals surface area contributed by atoms with Crippen LogP contribution in [0.3, 0.4) is 0 Å². The van der Waals surface area contributed by atoms with E-state index in [1.807, 2.05) is 18.2 Å². The van der Waals surface area contributed by atoms with E-state index in [4.69, 9.17) is 4.74 Å². The molecule has 0 radical (unpaired) electrons. The van der Waals surface area contributed by atoms with Gasteiger partial charge in [0.25, 0.3) is 21.8 Å². The monoisotopic (exact) mass is 428 g/mol. The summed E-state index contributed by atoms with van der Waals surface area (Å²) in [6.07, 6.45) is 0.709. The van der Waals surface area contributed by atoms with E-state index >= 15 is 0 Å². The minimum absolute atomic E-state index is 0.0600. The highest BCUT2D eigenvalue weighted by molar-refractivity contribution is 7.90. The molecule has 2 heterocycles. The van der Waals surface area contributed by atoms with Gasteiger partial charge < -0.3 is 9.64 Å². The van der Waals surface area contributed by atoms with E-state index in [1.54, 1.807) is 25.0 Å². The first-order valence-corrected chi connectivity index (χ1v) is 11.4. The Morgan fingerprint density at radius 2 is 1.97 bits per heavy atom. The molecule has 30 heavy (non-hydrogen) atoms. The molecule has 0 spiro atoms. The molecule has 1 unspecified atom stereocenters. The molecule has 2 aliphatic heterocycles. The Labute approximate surface area is 176 Å². The van der Waals surface area contributed by atoms with Crippen molar-refractivity contribution >= 4 is 21.8 Å². The maximum Gasteiger partial charge on any atom is 0.268 e. The molecule has 7 nitrogen and oxygen atoms in total. The van der Waals surface area contributed by atoms with Crippen LogP contribution in [-0.2, 0) is 16.4 Å². The van der Waals surface area contributed by atoms with Crippen molar-refractivity contribution in [1.29, 1.82) is 0 Å². The second-order valence-electron chi connectivity index (χ2n) is 7.65. The van der Waals surface area contributed by atoms with E-state index in [1.165, 1.54) is 17.7 Å². The number of sulfonamides is 1. The number of nitrogens with zero attached hydrogens (tertiary/aromatic N) is 2. The van der Waals surface area contributed by atoms with E-state index < -0.39 is 15.9 Å². The summed E-state index contributed by atoms with van der Waals surface area (Å²) in [6, 6.07) is 10.3. The topological polar surface area (TPSA) is 84.0 Å². The van der Waals surface area contributed by atoms with Gasteiger partial charge in [0.1, 0.15) is 10.6 Å². The summed E-state index contributed by atoms with van der Waals surface area (Å²) in [4.78, 5) is 27.2. The van der Waals surface area contributed by atoms with Gasteiger partial charge in [0.15, 0.2) is 0 Å². The molecule has 158 valence electrons. The van der Waals surface area contributed by atoms with Gasteiger partial charge in [-0.05, 0) is 60.7 Å². The minimum Gasteiger partial charge on any atom is -0.497 e. The van der Waals surface area contributed by atoms with Gasteiger partial charge in [-0.25, -0.2) is 12.7 Å². The summed E-state index contributed by atoms with van der Waals surface area (Å²) in [7, 11) is -2.27. The molecule has 0 N–H and O–H groups in total. The largest absolute Gasteiger partial charge is 0.497 e. The fourth-order valence-corrected chi connectivity index (χ4v) is 5.85. The van der Waals surface area contributed by atoms with Crippen LogP contribution in [0.4, 0.5) is 0 Å². The zero-order valence-electron chi connectivity index (χ0n) is 17.2. The Hall–Kier alpha value is -2.87. The fraction of sp³-hybridized carbons (Fsp3) is 0.364. The lowest BCUT2D eigenvalue weighted by molar-refractivity contribution is 0.0752. The molecule has 8 heteroatoms. The number of carbonyl (C=O) groups is 2. The number of fused-ring (bicyclic) bond motifs is 2. The molecule has 2 aromatic rings. The third kappa shape index (κ3) is 3.15. The Morgan fingerprint density at radius 3 is 2.67 bits per heavy atom. The number of hydrogen-bond donors (Lipinski definition) is 0. The van der Waals surface area contributed by atoms with Gasteiger partial charge in [-0.1, -0.05) is 13.0 Å². The van der Waals surface area contributed by atoms with Crippen LogP contribution in [0.1, 0.15) is 51.6 Å². The lowest BCUT2D eigenvalue weighted by atomic mass is 9.95. The van der Waals surface area contributed by atoms with Gasteiger partial charge in [-0.2, -0.15) is 0 Å². The number of rotatable bonds is 3. The zero-order valence-corrected chi connectivity index (χ0v) is 18.0. The smallest absolute Gasteiger partial charge is 0.268 e. The molecule has 0 aliphatic carbocycles. The highest BCUT2D eigenvalue weighted by atomic mass is 32.2. The van der Waals surface area contributed by atoms with Gasteiger partial charge in [-0.3, -0.25) is 9.59 Å². The lowest BCUT2D eigenvalue weighted by Crippen LogP contribution is -2.34. The Morgan fingerprint density at radius 1 is 1.20 bits per heavy atom. The first-order valence-electron chi connectivity index (χ1n) is 9.95. The van der Waals surface area contributed by atoms with Crippen molar-refractivity contribution in [2.24, 2.45) is 0 Å². The molecule has 0 bridgehead atoms. The highest BCUT2D eigenvalue weighted by Crippen LogP contribution is 2.32. The molecule has 4 rings (SSSR count). The minimum atomic E-state index is -3.90. The van der Waals surface area contributed by atoms with E-state index in [2.05, 4.69) is 6.92 Å². The van der Waals surface area contributed by atoms with E-state index in [0.717, 1.165) is 15.6 Å². The average Bonchev–Trinajstić information content (AvgIpc) is 2.84. The average molecular weight is 429 g/mol. The number of methoxy groups -OCH3 is 1. The van der Waals surface area contributed by atoms with Gasteiger partial charge >= 0.3 is 0 Å². The molecular weight excluding hydrogens is 404 g/mol. The summed E-state index contributed by atoms with van der Waals surface area (Å²) < 4.78 is 31.5. The van der Waals surface area contributed by atoms with Crippen LogP contribution in [-0.4, -0.2) is 56.2 Å². The third-order valence-electron chi connectivity index (χ3n) is 5.86. The van der Waals surface area contributed by atoms with Gasteiger partial charge in [0, 0.05) is 25.2 Å². The van der Waals surface area contributed by atoms with Crippen molar-refractivity contribution < 1.29 is 22.7 Å². The molecule has 1 atom stereocenters.